The van der Waals surface area contributed by atoms with Crippen molar-refractivity contribution in [1.82, 2.24) is 0 Å². The van der Waals surface area contributed by atoms with E-state index in [1.807, 2.05) is 0 Å². The second kappa shape index (κ2) is 4.97. The van der Waals surface area contributed by atoms with Crippen LogP contribution < -0.4 is 0 Å². The number of rotatable bonds is 3. The highest BCUT2D eigenvalue weighted by Crippen LogP contribution is 2.44. The van der Waals surface area contributed by atoms with Gasteiger partial charge in [-0.2, -0.15) is 22.9 Å². The molecule has 1 aliphatic rings. The maximum absolute atomic E-state index is 12.5. The van der Waals surface area contributed by atoms with Crippen LogP contribution in [-0.2, 0) is 26.6 Å². The fourth-order valence-electron chi connectivity index (χ4n) is 1.96. The number of halogens is 3. The van der Waals surface area contributed by atoms with Crippen molar-refractivity contribution in [2.24, 2.45) is 0 Å². The summed E-state index contributed by atoms with van der Waals surface area (Å²) in [6.07, 6.45) is -4.54. The first kappa shape index (κ1) is 15.2. The summed E-state index contributed by atoms with van der Waals surface area (Å²) >= 11 is 0. The van der Waals surface area contributed by atoms with Gasteiger partial charge in [0, 0.05) is 12.0 Å². The van der Waals surface area contributed by atoms with Gasteiger partial charge in [0.15, 0.2) is 0 Å². The highest BCUT2D eigenvalue weighted by atomic mass is 19.4. The Bertz CT molecular complexity index is 475. The molecule has 0 aromatic heterocycles. The molecule has 5 nitrogen and oxygen atoms in total. The van der Waals surface area contributed by atoms with E-state index < -0.39 is 29.7 Å². The van der Waals surface area contributed by atoms with E-state index in [9.17, 15) is 13.2 Å². The molecule has 0 aliphatic carbocycles. The average molecular weight is 294 g/mol. The van der Waals surface area contributed by atoms with Crippen molar-refractivity contribution >= 4 is 0 Å². The monoisotopic (exact) mass is 294 g/mol. The van der Waals surface area contributed by atoms with Gasteiger partial charge < -0.3 is 5.11 Å². The highest BCUT2D eigenvalue weighted by molar-refractivity contribution is 5.28. The summed E-state index contributed by atoms with van der Waals surface area (Å²) in [5, 5.41) is 18.2. The summed E-state index contributed by atoms with van der Waals surface area (Å²) < 4.78 is 37.4. The molecule has 0 amide bonds. The average Bonchev–Trinajstić information content (AvgIpc) is 2.78. The van der Waals surface area contributed by atoms with E-state index in [-0.39, 0.29) is 12.0 Å². The molecule has 112 valence electrons. The topological polar surface area (TPSA) is 68.2 Å². The molecule has 2 rings (SSSR count). The zero-order valence-corrected chi connectivity index (χ0v) is 10.5. The first-order valence-electron chi connectivity index (χ1n) is 5.73. The quantitative estimate of drug-likeness (QED) is 0.662. The standard InChI is InChI=1S/C12H13F3O5/c1-10(7-16)6-11(18-17,20-19-10)8-2-4-9(5-3-8)12(13,14)15/h2-5,16-17H,6-7H2,1H3/t10-,11-/m0/s1. The minimum atomic E-state index is -4.46. The molecule has 2 N–H and O–H groups in total. The van der Waals surface area contributed by atoms with Crippen LogP contribution in [-0.4, -0.2) is 22.6 Å². The molecule has 1 aromatic carbocycles. The maximum atomic E-state index is 12.5. The van der Waals surface area contributed by atoms with E-state index >= 15 is 0 Å². The number of alkyl halides is 3. The van der Waals surface area contributed by atoms with Crippen LogP contribution in [0.4, 0.5) is 13.2 Å². The van der Waals surface area contributed by atoms with Crippen LogP contribution in [0.1, 0.15) is 24.5 Å². The maximum Gasteiger partial charge on any atom is 0.416 e. The Balaban J connectivity index is 2.30. The van der Waals surface area contributed by atoms with E-state index in [0.29, 0.717) is 0 Å². The first-order chi connectivity index (χ1) is 9.25. The fraction of sp³-hybridized carbons (Fsp3) is 0.500. The van der Waals surface area contributed by atoms with Crippen molar-refractivity contribution < 1.29 is 38.2 Å². The lowest BCUT2D eigenvalue weighted by Gasteiger charge is -2.23. The number of hydrogen-bond donors (Lipinski definition) is 2. The Morgan fingerprint density at radius 1 is 1.25 bits per heavy atom. The molecule has 0 spiro atoms. The van der Waals surface area contributed by atoms with E-state index in [4.69, 9.17) is 20.1 Å². The number of benzene rings is 1. The molecule has 1 aromatic rings. The third-order valence-corrected chi connectivity index (χ3v) is 3.12. The number of aliphatic hydroxyl groups excluding tert-OH is 1. The molecule has 0 unspecified atom stereocenters. The molecule has 20 heavy (non-hydrogen) atoms. The van der Waals surface area contributed by atoms with Crippen LogP contribution in [0.2, 0.25) is 0 Å². The van der Waals surface area contributed by atoms with Crippen LogP contribution in [0.3, 0.4) is 0 Å². The van der Waals surface area contributed by atoms with E-state index in [0.717, 1.165) is 24.3 Å². The summed E-state index contributed by atoms with van der Waals surface area (Å²) in [7, 11) is 0. The van der Waals surface area contributed by atoms with Crippen LogP contribution in [0.15, 0.2) is 24.3 Å². The lowest BCUT2D eigenvalue weighted by Crippen LogP contribution is -2.33. The van der Waals surface area contributed by atoms with Crippen LogP contribution >= 0.6 is 0 Å². The van der Waals surface area contributed by atoms with Gasteiger partial charge in [0.1, 0.15) is 5.60 Å². The van der Waals surface area contributed by atoms with Crippen molar-refractivity contribution in [1.29, 1.82) is 0 Å². The highest BCUT2D eigenvalue weighted by Gasteiger charge is 2.52. The van der Waals surface area contributed by atoms with Crippen LogP contribution in [0.25, 0.3) is 0 Å². The van der Waals surface area contributed by atoms with Crippen molar-refractivity contribution in [2.75, 3.05) is 6.61 Å². The van der Waals surface area contributed by atoms with Gasteiger partial charge in [-0.05, 0) is 19.1 Å². The molecule has 1 saturated heterocycles. The van der Waals surface area contributed by atoms with Crippen molar-refractivity contribution in [3.63, 3.8) is 0 Å². The zero-order valence-electron chi connectivity index (χ0n) is 10.5. The number of aliphatic hydroxyl groups is 1. The third kappa shape index (κ3) is 2.65. The van der Waals surface area contributed by atoms with Gasteiger partial charge in [-0.1, -0.05) is 12.1 Å². The van der Waals surface area contributed by atoms with Crippen LogP contribution in [0, 0.1) is 0 Å². The van der Waals surface area contributed by atoms with Gasteiger partial charge in [-0.3, -0.25) is 0 Å². The van der Waals surface area contributed by atoms with E-state index in [2.05, 4.69) is 4.89 Å². The lowest BCUT2D eigenvalue weighted by molar-refractivity contribution is -0.480. The Morgan fingerprint density at radius 2 is 1.85 bits per heavy atom. The lowest BCUT2D eigenvalue weighted by atomic mass is 9.92. The first-order valence-corrected chi connectivity index (χ1v) is 5.73. The molecule has 2 atom stereocenters. The minimum absolute atomic E-state index is 0.0850. The van der Waals surface area contributed by atoms with Gasteiger partial charge in [-0.15, -0.1) is 0 Å². The van der Waals surface area contributed by atoms with Gasteiger partial charge in [0.05, 0.1) is 12.2 Å². The number of hydrogen-bond acceptors (Lipinski definition) is 5. The normalized spacial score (nSPS) is 30.7. The van der Waals surface area contributed by atoms with Crippen molar-refractivity contribution in [2.45, 2.75) is 30.9 Å². The largest absolute Gasteiger partial charge is 0.416 e. The summed E-state index contributed by atoms with van der Waals surface area (Å²) in [6.45, 7) is 1.11. The van der Waals surface area contributed by atoms with Crippen molar-refractivity contribution in [3.8, 4) is 0 Å². The Kier molecular flexibility index (Phi) is 3.78. The molecule has 1 heterocycles. The summed E-state index contributed by atoms with van der Waals surface area (Å²) in [4.78, 5) is 14.1. The van der Waals surface area contributed by atoms with Gasteiger partial charge in [-0.25, -0.2) is 10.1 Å². The molecule has 0 bridgehead atoms. The molecule has 0 saturated carbocycles. The molecular formula is C12H13F3O5. The van der Waals surface area contributed by atoms with Gasteiger partial charge >= 0.3 is 6.18 Å². The van der Waals surface area contributed by atoms with Gasteiger partial charge in [0.2, 0.25) is 0 Å². The minimum Gasteiger partial charge on any atom is -0.393 e. The second-order valence-corrected chi connectivity index (χ2v) is 4.87. The van der Waals surface area contributed by atoms with Gasteiger partial charge in [0.25, 0.3) is 5.79 Å². The second-order valence-electron chi connectivity index (χ2n) is 4.87. The van der Waals surface area contributed by atoms with E-state index in [1.165, 1.54) is 6.92 Å². The summed E-state index contributed by atoms with van der Waals surface area (Å²) in [5.74, 6) is -1.76. The molecular weight excluding hydrogens is 281 g/mol. The zero-order chi connectivity index (χ0) is 15.0. The van der Waals surface area contributed by atoms with Crippen molar-refractivity contribution in [3.05, 3.63) is 35.4 Å². The molecule has 0 radical (unpaired) electrons. The summed E-state index contributed by atoms with van der Waals surface area (Å²) in [5.41, 5.74) is -1.81. The third-order valence-electron chi connectivity index (χ3n) is 3.12. The van der Waals surface area contributed by atoms with E-state index in [1.54, 1.807) is 0 Å². The molecule has 1 aliphatic heterocycles. The molecule has 8 heteroatoms. The predicted molar refractivity (Wildman–Crippen MR) is 59.1 cm³/mol. The molecule has 1 fully saturated rings. The Labute approximate surface area is 112 Å². The predicted octanol–water partition coefficient (Wildman–Crippen LogP) is 2.45. The SMILES string of the molecule is C[C@@]1(CO)C[C@@](OO)(c2ccc(C(F)(F)F)cc2)OO1. The summed E-state index contributed by atoms with van der Waals surface area (Å²) in [6, 6.07) is 3.92. The Morgan fingerprint density at radius 3 is 2.25 bits per heavy atom. The Hall–Kier alpha value is -1.19. The fourth-order valence-corrected chi connectivity index (χ4v) is 1.96. The van der Waals surface area contributed by atoms with Crippen LogP contribution in [0.5, 0.6) is 0 Å². The smallest absolute Gasteiger partial charge is 0.393 e.